The number of aromatic nitrogens is 3. The molecule has 0 fully saturated rings. The van der Waals surface area contributed by atoms with E-state index in [0.29, 0.717) is 18.1 Å². The lowest BCUT2D eigenvalue weighted by Crippen LogP contribution is -2.06. The van der Waals surface area contributed by atoms with Crippen molar-refractivity contribution >= 4 is 5.95 Å². The molecule has 2 N–H and O–H groups in total. The lowest BCUT2D eigenvalue weighted by Gasteiger charge is -2.07. The number of nitrogen functional groups attached to an aromatic ring is 1. The van der Waals surface area contributed by atoms with Gasteiger partial charge in [0, 0.05) is 12.0 Å². The van der Waals surface area contributed by atoms with Crippen molar-refractivity contribution in [1.29, 1.82) is 0 Å². The van der Waals surface area contributed by atoms with Crippen molar-refractivity contribution in [3.8, 4) is 5.75 Å². The number of anilines is 1. The number of nitrogens with two attached hydrogens (primary N) is 1. The van der Waals surface area contributed by atoms with Gasteiger partial charge in [0.2, 0.25) is 5.95 Å². The Kier molecular flexibility index (Phi) is 3.18. The maximum absolute atomic E-state index is 5.59. The predicted octanol–water partition coefficient (Wildman–Crippen LogP) is 1.36. The molecule has 0 aliphatic heterocycles. The molecule has 2 rings (SSSR count). The molecule has 0 spiro atoms. The van der Waals surface area contributed by atoms with E-state index in [2.05, 4.69) is 15.0 Å². The highest BCUT2D eigenvalue weighted by Gasteiger charge is 2.06. The SMILES string of the molecule is COc1ccccc1Cc1nc(C)nc(N)n1. The van der Waals surface area contributed by atoms with Gasteiger partial charge in [0.05, 0.1) is 7.11 Å². The minimum Gasteiger partial charge on any atom is -0.496 e. The molecule has 0 bridgehead atoms. The smallest absolute Gasteiger partial charge is 0.223 e. The lowest BCUT2D eigenvalue weighted by atomic mass is 10.1. The first-order valence-electron chi connectivity index (χ1n) is 5.28. The summed E-state index contributed by atoms with van der Waals surface area (Å²) in [5.74, 6) is 2.36. The van der Waals surface area contributed by atoms with Gasteiger partial charge < -0.3 is 10.5 Å². The van der Waals surface area contributed by atoms with Crippen molar-refractivity contribution in [1.82, 2.24) is 15.0 Å². The third kappa shape index (κ3) is 2.69. The molecule has 1 aromatic heterocycles. The van der Waals surface area contributed by atoms with Crippen LogP contribution in [0.5, 0.6) is 5.75 Å². The average Bonchev–Trinajstić information content (AvgIpc) is 2.28. The summed E-state index contributed by atoms with van der Waals surface area (Å²) in [5, 5.41) is 0. The third-order valence-electron chi connectivity index (χ3n) is 2.35. The fraction of sp³-hybridized carbons (Fsp3) is 0.250. The molecule has 0 aliphatic carbocycles. The second-order valence-corrected chi connectivity index (χ2v) is 3.65. The van der Waals surface area contributed by atoms with Crippen LogP contribution in [-0.4, -0.2) is 22.1 Å². The summed E-state index contributed by atoms with van der Waals surface area (Å²) in [4.78, 5) is 12.3. The van der Waals surface area contributed by atoms with Crippen molar-refractivity contribution < 1.29 is 4.74 Å². The van der Waals surface area contributed by atoms with Gasteiger partial charge in [0.25, 0.3) is 0 Å². The van der Waals surface area contributed by atoms with E-state index >= 15 is 0 Å². The number of benzene rings is 1. The standard InChI is InChI=1S/C12H14N4O/c1-8-14-11(16-12(13)15-8)7-9-5-3-4-6-10(9)17-2/h3-6H,7H2,1-2H3,(H2,13,14,15,16). The minimum absolute atomic E-state index is 0.252. The maximum atomic E-state index is 5.59. The van der Waals surface area contributed by atoms with Crippen LogP contribution in [0.15, 0.2) is 24.3 Å². The van der Waals surface area contributed by atoms with E-state index in [0.717, 1.165) is 11.3 Å². The third-order valence-corrected chi connectivity index (χ3v) is 2.35. The predicted molar refractivity (Wildman–Crippen MR) is 64.8 cm³/mol. The first-order valence-corrected chi connectivity index (χ1v) is 5.28. The molecule has 5 heteroatoms. The van der Waals surface area contributed by atoms with Gasteiger partial charge in [0.15, 0.2) is 0 Å². The molecule has 1 heterocycles. The van der Waals surface area contributed by atoms with Gasteiger partial charge in [-0.15, -0.1) is 0 Å². The van der Waals surface area contributed by atoms with Crippen molar-refractivity contribution in [2.75, 3.05) is 12.8 Å². The number of rotatable bonds is 3. The largest absolute Gasteiger partial charge is 0.496 e. The Morgan fingerprint density at radius 3 is 2.65 bits per heavy atom. The highest BCUT2D eigenvalue weighted by molar-refractivity contribution is 5.35. The Morgan fingerprint density at radius 1 is 1.18 bits per heavy atom. The van der Waals surface area contributed by atoms with E-state index < -0.39 is 0 Å². The monoisotopic (exact) mass is 230 g/mol. The Labute approximate surface area is 99.7 Å². The van der Waals surface area contributed by atoms with Gasteiger partial charge >= 0.3 is 0 Å². The van der Waals surface area contributed by atoms with Crippen molar-refractivity contribution in [2.45, 2.75) is 13.3 Å². The molecule has 0 saturated carbocycles. The van der Waals surface area contributed by atoms with E-state index in [1.807, 2.05) is 24.3 Å². The molecule has 1 aromatic carbocycles. The van der Waals surface area contributed by atoms with Gasteiger partial charge in [-0.05, 0) is 13.0 Å². The topological polar surface area (TPSA) is 73.9 Å². The van der Waals surface area contributed by atoms with Gasteiger partial charge in [-0.3, -0.25) is 0 Å². The number of ether oxygens (including phenoxy) is 1. The molecule has 0 aliphatic rings. The van der Waals surface area contributed by atoms with Crippen LogP contribution in [-0.2, 0) is 6.42 Å². The summed E-state index contributed by atoms with van der Waals surface area (Å²) in [6, 6.07) is 7.77. The summed E-state index contributed by atoms with van der Waals surface area (Å²) in [7, 11) is 1.64. The van der Waals surface area contributed by atoms with Crippen LogP contribution in [0.25, 0.3) is 0 Å². The number of hydrogen-bond donors (Lipinski definition) is 1. The fourth-order valence-corrected chi connectivity index (χ4v) is 1.66. The zero-order valence-electron chi connectivity index (χ0n) is 9.84. The first kappa shape index (κ1) is 11.3. The highest BCUT2D eigenvalue weighted by atomic mass is 16.5. The zero-order chi connectivity index (χ0) is 12.3. The number of hydrogen-bond acceptors (Lipinski definition) is 5. The van der Waals surface area contributed by atoms with Gasteiger partial charge in [-0.1, -0.05) is 18.2 Å². The molecule has 0 unspecified atom stereocenters. The Balaban J connectivity index is 2.31. The van der Waals surface area contributed by atoms with E-state index in [1.54, 1.807) is 14.0 Å². The summed E-state index contributed by atoms with van der Waals surface area (Å²) in [5.41, 5.74) is 6.62. The Hall–Kier alpha value is -2.17. The zero-order valence-corrected chi connectivity index (χ0v) is 9.84. The van der Waals surface area contributed by atoms with Crippen molar-refractivity contribution in [3.05, 3.63) is 41.5 Å². The molecule has 0 amide bonds. The summed E-state index contributed by atoms with van der Waals surface area (Å²) in [6.45, 7) is 1.80. The maximum Gasteiger partial charge on any atom is 0.223 e. The molecule has 0 atom stereocenters. The molecule has 5 nitrogen and oxygen atoms in total. The summed E-state index contributed by atoms with van der Waals surface area (Å²) < 4.78 is 5.28. The lowest BCUT2D eigenvalue weighted by molar-refractivity contribution is 0.410. The van der Waals surface area contributed by atoms with Crippen LogP contribution in [0, 0.1) is 6.92 Å². The summed E-state index contributed by atoms with van der Waals surface area (Å²) in [6.07, 6.45) is 0.581. The summed E-state index contributed by atoms with van der Waals surface area (Å²) >= 11 is 0. The van der Waals surface area contributed by atoms with Gasteiger partial charge in [-0.2, -0.15) is 9.97 Å². The van der Waals surface area contributed by atoms with Crippen LogP contribution >= 0.6 is 0 Å². The van der Waals surface area contributed by atoms with Crippen LogP contribution in [0.4, 0.5) is 5.95 Å². The van der Waals surface area contributed by atoms with Crippen LogP contribution in [0.2, 0.25) is 0 Å². The number of nitrogens with zero attached hydrogens (tertiary/aromatic N) is 3. The second-order valence-electron chi connectivity index (χ2n) is 3.65. The quantitative estimate of drug-likeness (QED) is 0.861. The van der Waals surface area contributed by atoms with E-state index in [1.165, 1.54) is 0 Å². The normalized spacial score (nSPS) is 10.2. The molecule has 0 radical (unpaired) electrons. The average molecular weight is 230 g/mol. The fourth-order valence-electron chi connectivity index (χ4n) is 1.66. The molecule has 2 aromatic rings. The van der Waals surface area contributed by atoms with E-state index in [-0.39, 0.29) is 5.95 Å². The Morgan fingerprint density at radius 2 is 1.94 bits per heavy atom. The molecule has 0 saturated heterocycles. The van der Waals surface area contributed by atoms with Crippen LogP contribution < -0.4 is 10.5 Å². The van der Waals surface area contributed by atoms with Crippen LogP contribution in [0.1, 0.15) is 17.2 Å². The Bertz CT molecular complexity index is 507. The number of methoxy groups -OCH3 is 1. The highest BCUT2D eigenvalue weighted by Crippen LogP contribution is 2.19. The van der Waals surface area contributed by atoms with Crippen molar-refractivity contribution in [2.24, 2.45) is 0 Å². The number of aryl methyl sites for hydroxylation is 1. The van der Waals surface area contributed by atoms with Crippen molar-refractivity contribution in [3.63, 3.8) is 0 Å². The molecule has 88 valence electrons. The van der Waals surface area contributed by atoms with Gasteiger partial charge in [-0.25, -0.2) is 4.98 Å². The second kappa shape index (κ2) is 4.78. The minimum atomic E-state index is 0.252. The van der Waals surface area contributed by atoms with Gasteiger partial charge in [0.1, 0.15) is 17.4 Å². The van der Waals surface area contributed by atoms with E-state index in [9.17, 15) is 0 Å². The van der Waals surface area contributed by atoms with Crippen LogP contribution in [0.3, 0.4) is 0 Å². The molecular formula is C12H14N4O. The molecular weight excluding hydrogens is 216 g/mol. The first-order chi connectivity index (χ1) is 8.19. The number of para-hydroxylation sites is 1. The molecule has 17 heavy (non-hydrogen) atoms. The van der Waals surface area contributed by atoms with E-state index in [4.69, 9.17) is 10.5 Å².